The minimum atomic E-state index is -0.752. The number of hydrogen-bond acceptors (Lipinski definition) is 3. The molecule has 0 bridgehead atoms. The molecule has 6 heteroatoms. The molecule has 3 rings (SSSR count). The number of rotatable bonds is 5. The molecule has 0 atom stereocenters. The van der Waals surface area contributed by atoms with E-state index in [9.17, 15) is 14.0 Å². The number of nitrogens with zero attached hydrogens (tertiary/aromatic N) is 1. The van der Waals surface area contributed by atoms with E-state index >= 15 is 0 Å². The minimum Gasteiger partial charge on any atom is -0.328 e. The second-order valence-electron chi connectivity index (χ2n) is 5.66. The van der Waals surface area contributed by atoms with Gasteiger partial charge in [0.25, 0.3) is 11.5 Å². The molecule has 2 aromatic heterocycles. The quantitative estimate of drug-likeness (QED) is 0.678. The van der Waals surface area contributed by atoms with Gasteiger partial charge in [-0.2, -0.15) is 0 Å². The van der Waals surface area contributed by atoms with E-state index in [0.717, 1.165) is 28.5 Å². The summed E-state index contributed by atoms with van der Waals surface area (Å²) in [5.74, 6) is -1.50. The molecule has 0 unspecified atom stereocenters. The first-order valence-corrected chi connectivity index (χ1v) is 8.07. The van der Waals surface area contributed by atoms with E-state index in [4.69, 9.17) is 0 Å². The van der Waals surface area contributed by atoms with Gasteiger partial charge in [0, 0.05) is 35.1 Å². The van der Waals surface area contributed by atoms with Crippen molar-refractivity contribution in [3.05, 3.63) is 102 Å². The fourth-order valence-corrected chi connectivity index (χ4v) is 2.66. The lowest BCUT2D eigenvalue weighted by atomic mass is 10.0. The average Bonchev–Trinajstić information content (AvgIpc) is 2.71. The third kappa shape index (κ3) is 3.59. The number of carbonyl (C=O) groups is 1. The van der Waals surface area contributed by atoms with Crippen LogP contribution in [0.3, 0.4) is 0 Å². The molecule has 0 spiro atoms. The Morgan fingerprint density at radius 2 is 1.96 bits per heavy atom. The first-order chi connectivity index (χ1) is 13.0. The fraction of sp³-hybridized carbons (Fsp3) is 0. The predicted molar refractivity (Wildman–Crippen MR) is 104 cm³/mol. The fourth-order valence-electron chi connectivity index (χ4n) is 2.66. The zero-order chi connectivity index (χ0) is 19.4. The molecule has 1 aromatic carbocycles. The normalized spacial score (nSPS) is 11.6. The van der Waals surface area contributed by atoms with Gasteiger partial charge in [0.05, 0.1) is 5.70 Å². The molecule has 2 N–H and O–H groups in total. The number of aromatic nitrogens is 2. The number of benzene rings is 1. The molecule has 0 fully saturated rings. The molecule has 0 aliphatic heterocycles. The Balaban J connectivity index is 2.07. The Kier molecular flexibility index (Phi) is 5.08. The van der Waals surface area contributed by atoms with E-state index in [1.807, 2.05) is 24.3 Å². The van der Waals surface area contributed by atoms with Crippen molar-refractivity contribution in [1.82, 2.24) is 15.3 Å². The summed E-state index contributed by atoms with van der Waals surface area (Å²) in [5.41, 5.74) is 0.461. The summed E-state index contributed by atoms with van der Waals surface area (Å²) in [6, 6.07) is 9.09. The standard InChI is InChI=1S/C21H16FN3O2/c1-3-18(22)19(4-2)25-21(27)16-9-14(11-24-20(16)26)17-12-23-10-13-7-5-6-8-15(13)17/h3-12H,1-2H2,(H,24,26)(H,25,27)/b19-18-. The highest BCUT2D eigenvalue weighted by atomic mass is 19.1. The Labute approximate surface area is 154 Å². The zero-order valence-corrected chi connectivity index (χ0v) is 14.3. The molecule has 3 aromatic rings. The molecule has 0 aliphatic rings. The maximum Gasteiger partial charge on any atom is 0.261 e. The van der Waals surface area contributed by atoms with E-state index < -0.39 is 17.3 Å². The third-order valence-corrected chi connectivity index (χ3v) is 4.02. The van der Waals surface area contributed by atoms with Gasteiger partial charge in [0.15, 0.2) is 0 Å². The molecule has 0 radical (unpaired) electrons. The van der Waals surface area contributed by atoms with Gasteiger partial charge in [0.2, 0.25) is 0 Å². The topological polar surface area (TPSA) is 74.8 Å². The van der Waals surface area contributed by atoms with Crippen LogP contribution in [0.25, 0.3) is 21.9 Å². The van der Waals surface area contributed by atoms with Crippen LogP contribution in [-0.2, 0) is 0 Å². The van der Waals surface area contributed by atoms with Crippen molar-refractivity contribution in [2.24, 2.45) is 0 Å². The smallest absolute Gasteiger partial charge is 0.261 e. The highest BCUT2D eigenvalue weighted by molar-refractivity contribution is 5.99. The number of fused-ring (bicyclic) bond motifs is 1. The molecule has 134 valence electrons. The number of aromatic amines is 1. The molecule has 0 saturated heterocycles. The lowest BCUT2D eigenvalue weighted by Crippen LogP contribution is -2.29. The van der Waals surface area contributed by atoms with Gasteiger partial charge >= 0.3 is 0 Å². The maximum atomic E-state index is 13.7. The van der Waals surface area contributed by atoms with Gasteiger partial charge in [-0.3, -0.25) is 14.6 Å². The SMILES string of the molecule is C=C/C(F)=C(\C=C)NC(=O)c1cc(-c2cncc3ccccc23)c[nH]c1=O. The monoisotopic (exact) mass is 361 g/mol. The summed E-state index contributed by atoms with van der Waals surface area (Å²) in [4.78, 5) is 31.4. The van der Waals surface area contributed by atoms with E-state index in [1.165, 1.54) is 12.3 Å². The first kappa shape index (κ1) is 18.0. The molecular formula is C21H16FN3O2. The lowest BCUT2D eigenvalue weighted by Gasteiger charge is -2.09. The van der Waals surface area contributed by atoms with Crippen LogP contribution in [0.1, 0.15) is 10.4 Å². The number of amides is 1. The third-order valence-electron chi connectivity index (χ3n) is 4.02. The number of hydrogen-bond donors (Lipinski definition) is 2. The molecule has 5 nitrogen and oxygen atoms in total. The lowest BCUT2D eigenvalue weighted by molar-refractivity contribution is 0.0964. The predicted octanol–water partition coefficient (Wildman–Crippen LogP) is 3.87. The van der Waals surface area contributed by atoms with E-state index in [2.05, 4.69) is 28.4 Å². The van der Waals surface area contributed by atoms with Gasteiger partial charge in [-0.05, 0) is 23.6 Å². The first-order valence-electron chi connectivity index (χ1n) is 8.07. The van der Waals surface area contributed by atoms with Crippen LogP contribution in [0.2, 0.25) is 0 Å². The number of carbonyl (C=O) groups excluding carboxylic acids is 1. The summed E-state index contributed by atoms with van der Waals surface area (Å²) in [5, 5.41) is 4.19. The van der Waals surface area contributed by atoms with Crippen LogP contribution >= 0.6 is 0 Å². The minimum absolute atomic E-state index is 0.156. The summed E-state index contributed by atoms with van der Waals surface area (Å²) >= 11 is 0. The van der Waals surface area contributed by atoms with Gasteiger partial charge in [-0.15, -0.1) is 0 Å². The van der Waals surface area contributed by atoms with Crippen molar-refractivity contribution in [3.8, 4) is 11.1 Å². The summed E-state index contributed by atoms with van der Waals surface area (Å²) in [6.45, 7) is 6.75. The Morgan fingerprint density at radius 1 is 1.19 bits per heavy atom. The summed E-state index contributed by atoms with van der Waals surface area (Å²) < 4.78 is 13.7. The van der Waals surface area contributed by atoms with Crippen LogP contribution < -0.4 is 10.9 Å². The maximum absolute atomic E-state index is 13.7. The Hall–Kier alpha value is -3.80. The average molecular weight is 361 g/mol. The van der Waals surface area contributed by atoms with Crippen molar-refractivity contribution in [2.45, 2.75) is 0 Å². The molecular weight excluding hydrogens is 345 g/mol. The number of pyridine rings is 2. The van der Waals surface area contributed by atoms with Crippen molar-refractivity contribution in [2.75, 3.05) is 0 Å². The van der Waals surface area contributed by atoms with Crippen molar-refractivity contribution in [1.29, 1.82) is 0 Å². The largest absolute Gasteiger partial charge is 0.328 e. The molecule has 2 heterocycles. The summed E-state index contributed by atoms with van der Waals surface area (Å²) in [6.07, 6.45) is 6.99. The number of allylic oxidation sites excluding steroid dienone is 3. The van der Waals surface area contributed by atoms with Crippen molar-refractivity contribution in [3.63, 3.8) is 0 Å². The number of nitrogens with one attached hydrogen (secondary N) is 2. The molecule has 1 amide bonds. The number of halogens is 1. The molecule has 27 heavy (non-hydrogen) atoms. The van der Waals surface area contributed by atoms with Crippen molar-refractivity contribution < 1.29 is 9.18 Å². The van der Waals surface area contributed by atoms with Crippen LogP contribution in [-0.4, -0.2) is 15.9 Å². The van der Waals surface area contributed by atoms with E-state index in [1.54, 1.807) is 12.4 Å². The van der Waals surface area contributed by atoms with Gasteiger partial charge in [-0.1, -0.05) is 37.4 Å². The van der Waals surface area contributed by atoms with Crippen LogP contribution in [0, 0.1) is 0 Å². The van der Waals surface area contributed by atoms with Gasteiger partial charge < -0.3 is 10.3 Å². The highest BCUT2D eigenvalue weighted by Crippen LogP contribution is 2.27. The molecule has 0 saturated carbocycles. The van der Waals surface area contributed by atoms with Crippen LogP contribution in [0.5, 0.6) is 0 Å². The second kappa shape index (κ2) is 7.61. The van der Waals surface area contributed by atoms with Gasteiger partial charge in [0.1, 0.15) is 11.4 Å². The summed E-state index contributed by atoms with van der Waals surface area (Å²) in [7, 11) is 0. The highest BCUT2D eigenvalue weighted by Gasteiger charge is 2.15. The van der Waals surface area contributed by atoms with Crippen molar-refractivity contribution >= 4 is 16.7 Å². The number of H-pyrrole nitrogens is 1. The Bertz CT molecular complexity index is 1140. The van der Waals surface area contributed by atoms with E-state index in [-0.39, 0.29) is 11.3 Å². The van der Waals surface area contributed by atoms with E-state index in [0.29, 0.717) is 5.56 Å². The zero-order valence-electron chi connectivity index (χ0n) is 14.3. The molecule has 0 aliphatic carbocycles. The Morgan fingerprint density at radius 3 is 2.70 bits per heavy atom. The van der Waals surface area contributed by atoms with Gasteiger partial charge in [-0.25, -0.2) is 4.39 Å². The second-order valence-corrected chi connectivity index (χ2v) is 5.66. The van der Waals surface area contributed by atoms with Crippen LogP contribution in [0.15, 0.2) is 90.6 Å². The van der Waals surface area contributed by atoms with Crippen LogP contribution in [0.4, 0.5) is 4.39 Å².